The molecule has 0 amide bonds. The topological polar surface area (TPSA) is 21.3 Å². The van der Waals surface area contributed by atoms with Gasteiger partial charge in [0.1, 0.15) is 0 Å². The van der Waals surface area contributed by atoms with Gasteiger partial charge in [-0.05, 0) is 56.3 Å². The Bertz CT molecular complexity index is 217. The lowest BCUT2D eigenvalue weighted by molar-refractivity contribution is 0.171. The maximum atomic E-state index is 5.53. The number of rotatable bonds is 6. The van der Waals surface area contributed by atoms with Crippen LogP contribution in [-0.2, 0) is 4.74 Å². The number of hydrogen-bond donors (Lipinski definition) is 1. The normalized spacial score (nSPS) is 32.2. The van der Waals surface area contributed by atoms with E-state index in [9.17, 15) is 0 Å². The van der Waals surface area contributed by atoms with Crippen LogP contribution in [0.1, 0.15) is 45.4 Å². The highest BCUT2D eigenvalue weighted by Crippen LogP contribution is 2.45. The van der Waals surface area contributed by atoms with Gasteiger partial charge in [-0.2, -0.15) is 0 Å². The molecule has 0 bridgehead atoms. The van der Waals surface area contributed by atoms with E-state index in [1.165, 1.54) is 38.5 Å². The molecule has 3 fully saturated rings. The first-order chi connectivity index (χ1) is 7.88. The Kier molecular flexibility index (Phi) is 3.21. The van der Waals surface area contributed by atoms with Crippen molar-refractivity contribution in [1.82, 2.24) is 5.32 Å². The van der Waals surface area contributed by atoms with Gasteiger partial charge in [0.25, 0.3) is 0 Å². The number of nitrogens with one attached hydrogen (secondary N) is 1. The van der Waals surface area contributed by atoms with E-state index in [2.05, 4.69) is 12.2 Å². The lowest BCUT2D eigenvalue weighted by Gasteiger charge is -2.28. The van der Waals surface area contributed by atoms with Gasteiger partial charge in [-0.1, -0.05) is 6.92 Å². The molecule has 1 heterocycles. The van der Waals surface area contributed by atoms with Crippen molar-refractivity contribution in [2.24, 2.45) is 17.8 Å². The van der Waals surface area contributed by atoms with Gasteiger partial charge < -0.3 is 10.1 Å². The molecule has 0 aromatic rings. The van der Waals surface area contributed by atoms with E-state index in [1.54, 1.807) is 0 Å². The third-order valence-electron chi connectivity index (χ3n) is 4.64. The largest absolute Gasteiger partial charge is 0.381 e. The quantitative estimate of drug-likeness (QED) is 0.747. The fraction of sp³-hybridized carbons (Fsp3) is 1.00. The van der Waals surface area contributed by atoms with Gasteiger partial charge in [0, 0.05) is 18.7 Å². The molecule has 2 heteroatoms. The van der Waals surface area contributed by atoms with Crippen molar-refractivity contribution in [3.63, 3.8) is 0 Å². The Morgan fingerprint density at radius 1 is 1.06 bits per heavy atom. The van der Waals surface area contributed by atoms with E-state index >= 15 is 0 Å². The predicted octanol–water partition coefficient (Wildman–Crippen LogP) is 2.58. The van der Waals surface area contributed by atoms with Crippen molar-refractivity contribution in [3.05, 3.63) is 0 Å². The highest BCUT2D eigenvalue weighted by atomic mass is 16.5. The van der Waals surface area contributed by atoms with Crippen LogP contribution in [0.2, 0.25) is 0 Å². The van der Waals surface area contributed by atoms with Crippen molar-refractivity contribution >= 4 is 0 Å². The van der Waals surface area contributed by atoms with Gasteiger partial charge in [-0.3, -0.25) is 0 Å². The maximum Gasteiger partial charge on any atom is 0.0510 e. The summed E-state index contributed by atoms with van der Waals surface area (Å²) in [5.41, 5.74) is 0. The molecule has 2 aliphatic carbocycles. The summed E-state index contributed by atoms with van der Waals surface area (Å²) < 4.78 is 5.53. The Morgan fingerprint density at radius 3 is 2.19 bits per heavy atom. The molecular formula is C14H25NO. The summed E-state index contributed by atoms with van der Waals surface area (Å²) in [6.45, 7) is 4.31. The van der Waals surface area contributed by atoms with Crippen molar-refractivity contribution in [2.75, 3.05) is 13.2 Å². The molecule has 1 N–H and O–H groups in total. The maximum absolute atomic E-state index is 5.53. The highest BCUT2D eigenvalue weighted by molar-refractivity contribution is 4.98. The van der Waals surface area contributed by atoms with E-state index < -0.39 is 0 Å². The molecule has 2 nitrogen and oxygen atoms in total. The summed E-state index contributed by atoms with van der Waals surface area (Å²) in [6.07, 6.45) is 8.45. The van der Waals surface area contributed by atoms with Gasteiger partial charge in [0.2, 0.25) is 0 Å². The molecule has 2 unspecified atom stereocenters. The van der Waals surface area contributed by atoms with Crippen LogP contribution in [0.4, 0.5) is 0 Å². The van der Waals surface area contributed by atoms with Crippen LogP contribution in [0.15, 0.2) is 0 Å². The van der Waals surface area contributed by atoms with E-state index in [-0.39, 0.29) is 0 Å². The van der Waals surface area contributed by atoms with Crippen LogP contribution in [0, 0.1) is 17.8 Å². The molecule has 92 valence electrons. The Labute approximate surface area is 99.1 Å². The van der Waals surface area contributed by atoms with Gasteiger partial charge in [0.15, 0.2) is 0 Å². The second-order valence-electron chi connectivity index (χ2n) is 6.01. The highest BCUT2D eigenvalue weighted by Gasteiger charge is 2.42. The first-order valence-corrected chi connectivity index (χ1v) is 7.22. The predicted molar refractivity (Wildman–Crippen MR) is 65.4 cm³/mol. The zero-order valence-corrected chi connectivity index (χ0v) is 10.5. The number of ether oxygens (including phenoxy) is 1. The zero-order chi connectivity index (χ0) is 11.0. The van der Waals surface area contributed by atoms with Crippen LogP contribution in [0.3, 0.4) is 0 Å². The molecule has 1 aliphatic heterocycles. The van der Waals surface area contributed by atoms with Crippen molar-refractivity contribution in [2.45, 2.75) is 57.5 Å². The Balaban J connectivity index is 1.56. The van der Waals surface area contributed by atoms with Gasteiger partial charge in [0.05, 0.1) is 6.61 Å². The number of hydrogen-bond acceptors (Lipinski definition) is 2. The fourth-order valence-electron chi connectivity index (χ4n) is 3.27. The van der Waals surface area contributed by atoms with Crippen LogP contribution in [0.5, 0.6) is 0 Å². The van der Waals surface area contributed by atoms with Gasteiger partial charge in [-0.15, -0.1) is 0 Å². The lowest BCUT2D eigenvalue weighted by Crippen LogP contribution is -2.45. The smallest absolute Gasteiger partial charge is 0.0510 e. The van der Waals surface area contributed by atoms with Crippen molar-refractivity contribution in [3.8, 4) is 0 Å². The summed E-state index contributed by atoms with van der Waals surface area (Å²) in [5.74, 6) is 2.82. The molecule has 0 aromatic carbocycles. The van der Waals surface area contributed by atoms with Gasteiger partial charge in [-0.25, -0.2) is 0 Å². The minimum Gasteiger partial charge on any atom is -0.381 e. The molecule has 0 aromatic heterocycles. The molecule has 0 spiro atoms. The Hall–Kier alpha value is -0.0800. The van der Waals surface area contributed by atoms with Crippen molar-refractivity contribution < 1.29 is 4.74 Å². The Morgan fingerprint density at radius 2 is 1.75 bits per heavy atom. The lowest BCUT2D eigenvalue weighted by atomic mass is 9.94. The molecule has 0 radical (unpaired) electrons. The molecule has 2 saturated carbocycles. The van der Waals surface area contributed by atoms with E-state index in [0.29, 0.717) is 6.04 Å². The second-order valence-corrected chi connectivity index (χ2v) is 6.01. The van der Waals surface area contributed by atoms with E-state index in [0.717, 1.165) is 37.0 Å². The molecule has 3 aliphatic rings. The zero-order valence-electron chi connectivity index (χ0n) is 10.5. The second kappa shape index (κ2) is 4.66. The first kappa shape index (κ1) is 11.0. The molecule has 3 rings (SSSR count). The van der Waals surface area contributed by atoms with E-state index in [1.807, 2.05) is 0 Å². The molecule has 2 atom stereocenters. The first-order valence-electron chi connectivity index (χ1n) is 7.22. The average Bonchev–Trinajstić information content (AvgIpc) is 3.21. The molecule has 16 heavy (non-hydrogen) atoms. The standard InChI is InChI=1S/C14H25NO/c1-2-13(12-7-8-16-9-12)15-14(10-3-4-10)11-5-6-11/h10-15H,2-9H2,1H3. The average molecular weight is 223 g/mol. The molecule has 1 saturated heterocycles. The monoisotopic (exact) mass is 223 g/mol. The summed E-state index contributed by atoms with van der Waals surface area (Å²) in [4.78, 5) is 0. The van der Waals surface area contributed by atoms with Crippen LogP contribution in [-0.4, -0.2) is 25.3 Å². The van der Waals surface area contributed by atoms with E-state index in [4.69, 9.17) is 4.74 Å². The molecular weight excluding hydrogens is 198 g/mol. The van der Waals surface area contributed by atoms with Crippen LogP contribution >= 0.6 is 0 Å². The summed E-state index contributed by atoms with van der Waals surface area (Å²) in [5, 5.41) is 3.99. The minimum atomic E-state index is 0.716. The van der Waals surface area contributed by atoms with Crippen LogP contribution in [0.25, 0.3) is 0 Å². The summed E-state index contributed by atoms with van der Waals surface area (Å²) >= 11 is 0. The van der Waals surface area contributed by atoms with Gasteiger partial charge >= 0.3 is 0 Å². The minimum absolute atomic E-state index is 0.716. The third kappa shape index (κ3) is 2.43. The summed E-state index contributed by atoms with van der Waals surface area (Å²) in [7, 11) is 0. The van der Waals surface area contributed by atoms with Crippen LogP contribution < -0.4 is 5.32 Å². The summed E-state index contributed by atoms with van der Waals surface area (Å²) in [6, 6.07) is 1.57. The third-order valence-corrected chi connectivity index (χ3v) is 4.64. The SMILES string of the molecule is CCC(NC(C1CC1)C1CC1)C1CCOC1. The fourth-order valence-corrected chi connectivity index (χ4v) is 3.27. The van der Waals surface area contributed by atoms with Crippen molar-refractivity contribution in [1.29, 1.82) is 0 Å².